The predicted molar refractivity (Wildman–Crippen MR) is 32.7 cm³/mol. The van der Waals surface area contributed by atoms with Crippen LogP contribution in [-0.2, 0) is 9.13 Å². The molecule has 0 bridgehead atoms. The van der Waals surface area contributed by atoms with Gasteiger partial charge in [0.05, 0.1) is 0 Å². The molecule has 0 radical (unpaired) electrons. The second kappa shape index (κ2) is 7.12. The first-order chi connectivity index (χ1) is 4.15. The van der Waals surface area contributed by atoms with Gasteiger partial charge in [-0.3, -0.25) is 0 Å². The van der Waals surface area contributed by atoms with Crippen LogP contribution in [0.2, 0.25) is 0 Å². The number of aliphatic hydroxyl groups is 1. The summed E-state index contributed by atoms with van der Waals surface area (Å²) in [6.07, 6.45) is 0. The van der Waals surface area contributed by atoms with Crippen molar-refractivity contribution in [3.05, 3.63) is 0 Å². The van der Waals surface area contributed by atoms with Crippen LogP contribution >= 0.6 is 15.2 Å². The summed E-state index contributed by atoms with van der Waals surface area (Å²) >= 11 is 0. The van der Waals surface area contributed by atoms with E-state index in [1.807, 2.05) is 0 Å². The van der Waals surface area contributed by atoms with Crippen molar-refractivity contribution in [1.29, 1.82) is 0 Å². The Balaban J connectivity index is -0.000000405. The van der Waals surface area contributed by atoms with Gasteiger partial charge < -0.3 is 33.8 Å². The first-order valence-electron chi connectivity index (χ1n) is 1.87. The topological polar surface area (TPSA) is 147 Å². The van der Waals surface area contributed by atoms with E-state index in [4.69, 9.17) is 5.11 Å². The molecule has 0 rings (SSSR count). The van der Waals surface area contributed by atoms with Gasteiger partial charge in [-0.05, 0) is 15.2 Å². The Bertz CT molecular complexity index is 181. The Morgan fingerprint density at radius 1 is 0.917 bits per heavy atom. The van der Waals surface area contributed by atoms with Crippen molar-refractivity contribution < 1.29 is 33.8 Å². The smallest absolute Gasteiger partial charge is 0.809 e. The normalized spacial score (nSPS) is 11.8. The molecule has 0 saturated carbocycles. The van der Waals surface area contributed by atoms with Gasteiger partial charge in [-0.25, -0.2) is 0 Å². The van der Waals surface area contributed by atoms with Crippen LogP contribution in [0.25, 0.3) is 0 Å². The fourth-order valence-corrected chi connectivity index (χ4v) is 1.56. The summed E-state index contributed by atoms with van der Waals surface area (Å²) in [6, 6.07) is 0. The molecule has 0 heterocycles. The van der Waals surface area contributed by atoms with Crippen LogP contribution in [0, 0.1) is 0 Å². The molecule has 0 unspecified atom stereocenters. The standard InChI is InChI=1S/CH6O7P2.2Ca/c2-1(9(3,4)5)10(6,7)8;;/h1-2H,(H2,3,4,5)(H2,6,7,8);;/q;2*+2/p-4. The van der Waals surface area contributed by atoms with Crippen LogP contribution in [-0.4, -0.2) is 86.2 Å². The van der Waals surface area contributed by atoms with Gasteiger partial charge in [0.2, 0.25) is 0 Å². The molecule has 0 fully saturated rings. The molecule has 0 amide bonds. The van der Waals surface area contributed by atoms with Gasteiger partial charge in [0, 0.05) is 0 Å². The fraction of sp³-hybridized carbons (Fsp3) is 1.00. The summed E-state index contributed by atoms with van der Waals surface area (Å²) < 4.78 is 19.3. The largest absolute Gasteiger partial charge is 2.00 e. The summed E-state index contributed by atoms with van der Waals surface area (Å²) in [6.45, 7) is 0. The van der Waals surface area contributed by atoms with Gasteiger partial charge in [-0.15, -0.1) is 0 Å². The third kappa shape index (κ3) is 8.12. The molecule has 11 heteroatoms. The van der Waals surface area contributed by atoms with E-state index in [0.29, 0.717) is 0 Å². The van der Waals surface area contributed by atoms with Gasteiger partial charge in [-0.2, -0.15) is 0 Å². The summed E-state index contributed by atoms with van der Waals surface area (Å²) in [7, 11) is -11.4. The first kappa shape index (κ1) is 20.2. The second-order valence-corrected chi connectivity index (χ2v) is 4.97. The van der Waals surface area contributed by atoms with Crippen LogP contribution in [0.4, 0.5) is 0 Å². The maximum Gasteiger partial charge on any atom is 2.00 e. The molecule has 7 nitrogen and oxygen atoms in total. The van der Waals surface area contributed by atoms with E-state index in [1.165, 1.54) is 0 Å². The van der Waals surface area contributed by atoms with Crippen molar-refractivity contribution in [2.45, 2.75) is 5.59 Å². The van der Waals surface area contributed by atoms with E-state index < -0.39 is 20.8 Å². The Hall–Kier alpha value is 2.78. The Morgan fingerprint density at radius 2 is 1.08 bits per heavy atom. The SMILES string of the molecule is O=P([O-])([O-])C(O)P(=O)([O-])[O-].[Ca+2].[Ca+2]. The zero-order valence-corrected chi connectivity index (χ0v) is 12.0. The molecule has 1 N–H and O–H groups in total. The quantitative estimate of drug-likeness (QED) is 0.391. The molecule has 0 aromatic carbocycles. The van der Waals surface area contributed by atoms with Crippen molar-refractivity contribution in [1.82, 2.24) is 0 Å². The van der Waals surface area contributed by atoms with Crippen LogP contribution in [0.3, 0.4) is 0 Å². The summed E-state index contributed by atoms with van der Waals surface area (Å²) in [5.74, 6) is 0. The fourth-order valence-electron chi connectivity index (χ4n) is 0.173. The van der Waals surface area contributed by atoms with Gasteiger partial charge in [0.25, 0.3) is 0 Å². The number of hydrogen-bond donors (Lipinski definition) is 1. The van der Waals surface area contributed by atoms with Crippen molar-refractivity contribution in [3.63, 3.8) is 0 Å². The first-order valence-corrected chi connectivity index (χ1v) is 5.09. The monoisotopic (exact) mass is 268 g/mol. The number of hydrogen-bond acceptors (Lipinski definition) is 7. The molecule has 0 atom stereocenters. The summed E-state index contributed by atoms with van der Waals surface area (Å²) in [5, 5.41) is 7.95. The number of rotatable bonds is 2. The van der Waals surface area contributed by atoms with Crippen molar-refractivity contribution in [2.24, 2.45) is 0 Å². The van der Waals surface area contributed by atoms with Gasteiger partial charge in [0.15, 0.2) is 0 Å². The van der Waals surface area contributed by atoms with Crippen LogP contribution in [0.5, 0.6) is 0 Å². The number of aliphatic hydroxyl groups excluding tert-OH is 1. The molecule has 62 valence electrons. The summed E-state index contributed by atoms with van der Waals surface area (Å²) in [4.78, 5) is 38.5. The molecule has 0 aromatic heterocycles. The molecule has 0 aliphatic carbocycles. The van der Waals surface area contributed by atoms with Crippen molar-refractivity contribution in [3.8, 4) is 0 Å². The molecule has 0 saturated heterocycles. The molecule has 0 spiro atoms. The summed E-state index contributed by atoms with van der Waals surface area (Å²) in [5.41, 5.74) is -3.35. The van der Waals surface area contributed by atoms with Crippen LogP contribution in [0.1, 0.15) is 0 Å². The molecule has 0 aromatic rings. The average Bonchev–Trinajstić information content (AvgIpc) is 1.59. The molecular formula is CH2Ca2O7P2. The van der Waals surface area contributed by atoms with Gasteiger partial charge in [-0.1, -0.05) is 0 Å². The third-order valence-corrected chi connectivity index (χ3v) is 3.39. The van der Waals surface area contributed by atoms with E-state index in [1.54, 1.807) is 0 Å². The zero-order chi connectivity index (χ0) is 8.58. The maximum absolute atomic E-state index is 9.63. The minimum atomic E-state index is -5.71. The van der Waals surface area contributed by atoms with E-state index in [0.717, 1.165) is 0 Å². The Labute approximate surface area is 128 Å². The predicted octanol–water partition coefficient (Wildman–Crippen LogP) is -4.67. The maximum atomic E-state index is 9.63. The Kier molecular flexibility index (Phi) is 12.0. The van der Waals surface area contributed by atoms with Gasteiger partial charge in [0.1, 0.15) is 5.59 Å². The molecule has 12 heavy (non-hydrogen) atoms. The van der Waals surface area contributed by atoms with Crippen molar-refractivity contribution in [2.75, 3.05) is 0 Å². The van der Waals surface area contributed by atoms with Crippen LogP contribution in [0.15, 0.2) is 0 Å². The van der Waals surface area contributed by atoms with Crippen LogP contribution < -0.4 is 19.6 Å². The van der Waals surface area contributed by atoms with E-state index in [2.05, 4.69) is 0 Å². The zero-order valence-electron chi connectivity index (χ0n) is 5.78. The van der Waals surface area contributed by atoms with E-state index >= 15 is 0 Å². The average molecular weight is 268 g/mol. The van der Waals surface area contributed by atoms with Crippen molar-refractivity contribution >= 4 is 90.7 Å². The third-order valence-electron chi connectivity index (χ3n) is 0.566. The second-order valence-electron chi connectivity index (χ2n) is 1.43. The Morgan fingerprint density at radius 3 is 1.08 bits per heavy atom. The van der Waals surface area contributed by atoms with E-state index in [-0.39, 0.29) is 75.5 Å². The minimum absolute atomic E-state index is 0. The van der Waals surface area contributed by atoms with Gasteiger partial charge >= 0.3 is 75.5 Å². The van der Waals surface area contributed by atoms with E-state index in [9.17, 15) is 28.7 Å². The molecule has 0 aliphatic rings. The minimum Gasteiger partial charge on any atom is -0.809 e. The molecule has 0 aliphatic heterocycles. The molecular weight excluding hydrogens is 266 g/mol.